The Balaban J connectivity index is 0.000000416. The monoisotopic (exact) mass is 430 g/mol. The van der Waals surface area contributed by atoms with Gasteiger partial charge in [-0.15, -0.1) is 0 Å². The van der Waals surface area contributed by atoms with Crippen LogP contribution in [0.25, 0.3) is 0 Å². The number of carboxylic acids is 2. The second kappa shape index (κ2) is 13.6. The second-order valence-corrected chi connectivity index (χ2v) is 7.39. The molecule has 1 fully saturated rings. The van der Waals surface area contributed by atoms with E-state index in [0.717, 1.165) is 31.2 Å². The number of rotatable bonds is 8. The molecule has 0 atom stereocenters. The van der Waals surface area contributed by atoms with Crippen molar-refractivity contribution in [3.05, 3.63) is 46.0 Å². The molecule has 1 aliphatic rings. The van der Waals surface area contributed by atoms with Gasteiger partial charge < -0.3 is 15.5 Å². The Morgan fingerprint density at radius 2 is 1.79 bits per heavy atom. The van der Waals surface area contributed by atoms with Gasteiger partial charge in [0.05, 0.1) is 0 Å². The van der Waals surface area contributed by atoms with Gasteiger partial charge in [0.1, 0.15) is 0 Å². The zero-order valence-electron chi connectivity index (χ0n) is 16.0. The SMILES string of the molecule is CCCCN(Cc1ccc(Cl)cc1Cl)C1CCNCC1.O=C(O)C=CC(=O)O. The van der Waals surface area contributed by atoms with E-state index in [0.29, 0.717) is 23.2 Å². The molecule has 0 aliphatic carbocycles. The number of nitrogens with one attached hydrogen (secondary N) is 1. The summed E-state index contributed by atoms with van der Waals surface area (Å²) < 4.78 is 0. The molecule has 0 aromatic heterocycles. The van der Waals surface area contributed by atoms with Crippen LogP contribution in [0.1, 0.15) is 38.2 Å². The fraction of sp³-hybridized carbons (Fsp3) is 0.500. The number of piperidine rings is 1. The Labute approximate surface area is 176 Å². The Kier molecular flexibility index (Phi) is 11.8. The van der Waals surface area contributed by atoms with E-state index >= 15 is 0 Å². The molecule has 1 saturated heterocycles. The number of aliphatic carboxylic acids is 2. The first-order valence-electron chi connectivity index (χ1n) is 9.36. The van der Waals surface area contributed by atoms with Crippen molar-refractivity contribution in [2.45, 2.75) is 45.2 Å². The van der Waals surface area contributed by atoms with Crippen LogP contribution in [0.15, 0.2) is 30.4 Å². The maximum atomic E-state index is 9.55. The molecule has 6 nitrogen and oxygen atoms in total. The van der Waals surface area contributed by atoms with Crippen LogP contribution in [0, 0.1) is 0 Å². The largest absolute Gasteiger partial charge is 0.478 e. The van der Waals surface area contributed by atoms with Crippen molar-refractivity contribution in [2.75, 3.05) is 19.6 Å². The van der Waals surface area contributed by atoms with Crippen LogP contribution in [0.4, 0.5) is 0 Å². The summed E-state index contributed by atoms with van der Waals surface area (Å²) in [4.78, 5) is 21.7. The third-order valence-corrected chi connectivity index (χ3v) is 4.97. The standard InChI is InChI=1S/C16H24Cl2N2.C4H4O4/c1-2-3-10-20(15-6-8-19-9-7-15)12-13-4-5-14(17)11-16(13)18;5-3(6)1-2-4(7)8/h4-5,11,15,19H,2-3,6-10,12H2,1H3;1-2H,(H,5,6)(H,7,8). The number of hydrogen-bond donors (Lipinski definition) is 3. The average molecular weight is 431 g/mol. The van der Waals surface area contributed by atoms with Gasteiger partial charge in [0, 0.05) is 34.8 Å². The van der Waals surface area contributed by atoms with Gasteiger partial charge in [0.25, 0.3) is 0 Å². The molecule has 3 N–H and O–H groups in total. The first-order valence-corrected chi connectivity index (χ1v) is 10.1. The third-order valence-electron chi connectivity index (χ3n) is 4.38. The highest BCUT2D eigenvalue weighted by molar-refractivity contribution is 6.35. The number of halogens is 2. The van der Waals surface area contributed by atoms with Crippen molar-refractivity contribution in [1.82, 2.24) is 10.2 Å². The van der Waals surface area contributed by atoms with Gasteiger partial charge >= 0.3 is 11.9 Å². The molecule has 0 spiro atoms. The van der Waals surface area contributed by atoms with Crippen molar-refractivity contribution in [2.24, 2.45) is 0 Å². The van der Waals surface area contributed by atoms with E-state index in [1.54, 1.807) is 0 Å². The van der Waals surface area contributed by atoms with Gasteiger partial charge in [0.15, 0.2) is 0 Å². The van der Waals surface area contributed by atoms with Gasteiger partial charge in [-0.2, -0.15) is 0 Å². The van der Waals surface area contributed by atoms with Crippen molar-refractivity contribution in [3.8, 4) is 0 Å². The zero-order valence-corrected chi connectivity index (χ0v) is 17.5. The predicted molar refractivity (Wildman–Crippen MR) is 112 cm³/mol. The van der Waals surface area contributed by atoms with Gasteiger partial charge in [-0.25, -0.2) is 9.59 Å². The van der Waals surface area contributed by atoms with E-state index in [1.165, 1.54) is 31.2 Å². The van der Waals surface area contributed by atoms with E-state index in [9.17, 15) is 9.59 Å². The first kappa shape index (κ1) is 24.4. The molecule has 0 amide bonds. The average Bonchev–Trinajstić information content (AvgIpc) is 2.66. The maximum absolute atomic E-state index is 9.55. The van der Waals surface area contributed by atoms with Crippen molar-refractivity contribution >= 4 is 35.1 Å². The second-order valence-electron chi connectivity index (χ2n) is 6.55. The lowest BCUT2D eigenvalue weighted by Gasteiger charge is -2.35. The fourth-order valence-corrected chi connectivity index (χ4v) is 3.40. The number of carboxylic acid groups (broad SMARTS) is 2. The van der Waals surface area contributed by atoms with Crippen LogP contribution < -0.4 is 5.32 Å². The first-order chi connectivity index (χ1) is 13.3. The molecule has 0 saturated carbocycles. The third kappa shape index (κ3) is 10.1. The Morgan fingerprint density at radius 3 is 2.29 bits per heavy atom. The molecule has 0 radical (unpaired) electrons. The molecule has 1 aliphatic heterocycles. The number of nitrogens with zero attached hydrogens (tertiary/aromatic N) is 1. The zero-order chi connectivity index (χ0) is 20.9. The van der Waals surface area contributed by atoms with Crippen molar-refractivity contribution < 1.29 is 19.8 Å². The summed E-state index contributed by atoms with van der Waals surface area (Å²) in [6.45, 7) is 6.58. The van der Waals surface area contributed by atoms with Crippen molar-refractivity contribution in [3.63, 3.8) is 0 Å². The molecular formula is C20H28Cl2N2O4. The van der Waals surface area contributed by atoms with Crippen LogP contribution in [-0.4, -0.2) is 52.7 Å². The highest BCUT2D eigenvalue weighted by Gasteiger charge is 2.21. The summed E-state index contributed by atoms with van der Waals surface area (Å²) in [5.74, 6) is -2.51. The topological polar surface area (TPSA) is 89.9 Å². The minimum Gasteiger partial charge on any atom is -0.478 e. The molecular weight excluding hydrogens is 403 g/mol. The molecule has 0 bridgehead atoms. The van der Waals surface area contributed by atoms with E-state index in [-0.39, 0.29) is 0 Å². The lowest BCUT2D eigenvalue weighted by molar-refractivity contribution is -0.134. The van der Waals surface area contributed by atoms with E-state index in [1.807, 2.05) is 12.1 Å². The summed E-state index contributed by atoms with van der Waals surface area (Å²) in [5.41, 5.74) is 1.19. The van der Waals surface area contributed by atoms with E-state index in [2.05, 4.69) is 23.2 Å². The molecule has 1 aromatic carbocycles. The summed E-state index contributed by atoms with van der Waals surface area (Å²) >= 11 is 12.3. The van der Waals surface area contributed by atoms with Gasteiger partial charge in [-0.1, -0.05) is 42.6 Å². The van der Waals surface area contributed by atoms with Crippen LogP contribution in [0.3, 0.4) is 0 Å². The number of benzene rings is 1. The molecule has 0 unspecified atom stereocenters. The van der Waals surface area contributed by atoms with Crippen LogP contribution in [0.2, 0.25) is 10.0 Å². The normalized spacial score (nSPS) is 14.7. The highest BCUT2D eigenvalue weighted by Crippen LogP contribution is 2.24. The minimum atomic E-state index is -1.26. The van der Waals surface area contributed by atoms with Gasteiger partial charge in [-0.3, -0.25) is 4.90 Å². The van der Waals surface area contributed by atoms with Gasteiger partial charge in [-0.05, 0) is 56.6 Å². The highest BCUT2D eigenvalue weighted by atomic mass is 35.5. The lowest BCUT2D eigenvalue weighted by atomic mass is 10.0. The Hall–Kier alpha value is -1.60. The summed E-state index contributed by atoms with van der Waals surface area (Å²) in [5, 5.41) is 20.6. The smallest absolute Gasteiger partial charge is 0.328 e. The molecule has 8 heteroatoms. The Morgan fingerprint density at radius 1 is 1.18 bits per heavy atom. The number of carbonyl (C=O) groups is 2. The van der Waals surface area contributed by atoms with Crippen LogP contribution >= 0.6 is 23.2 Å². The predicted octanol–water partition coefficient (Wildman–Crippen LogP) is 4.06. The molecule has 2 rings (SSSR count). The van der Waals surface area contributed by atoms with Gasteiger partial charge in [0.2, 0.25) is 0 Å². The lowest BCUT2D eigenvalue weighted by Crippen LogP contribution is -2.43. The summed E-state index contributed by atoms with van der Waals surface area (Å²) in [7, 11) is 0. The number of unbranched alkanes of at least 4 members (excludes halogenated alkanes) is 1. The summed E-state index contributed by atoms with van der Waals surface area (Å²) in [6.07, 6.45) is 6.06. The molecule has 1 aromatic rings. The maximum Gasteiger partial charge on any atom is 0.328 e. The quantitative estimate of drug-likeness (QED) is 0.538. The van der Waals surface area contributed by atoms with Crippen LogP contribution in [-0.2, 0) is 16.1 Å². The molecule has 1 heterocycles. The Bertz CT molecular complexity index is 646. The van der Waals surface area contributed by atoms with E-state index in [4.69, 9.17) is 33.4 Å². The van der Waals surface area contributed by atoms with Crippen molar-refractivity contribution in [1.29, 1.82) is 0 Å². The molecule has 28 heavy (non-hydrogen) atoms. The van der Waals surface area contributed by atoms with Crippen LogP contribution in [0.5, 0.6) is 0 Å². The number of hydrogen-bond acceptors (Lipinski definition) is 4. The summed E-state index contributed by atoms with van der Waals surface area (Å²) in [6, 6.07) is 6.52. The fourth-order valence-electron chi connectivity index (χ4n) is 2.94. The van der Waals surface area contributed by atoms with E-state index < -0.39 is 11.9 Å². The minimum absolute atomic E-state index is 0.558. The molecule has 156 valence electrons.